The number of primary amides is 1. The Bertz CT molecular complexity index is 775. The summed E-state index contributed by atoms with van der Waals surface area (Å²) in [7, 11) is 0. The van der Waals surface area contributed by atoms with Crippen molar-refractivity contribution in [1.82, 2.24) is 5.32 Å². The Morgan fingerprint density at radius 1 is 1.12 bits per heavy atom. The van der Waals surface area contributed by atoms with Gasteiger partial charge in [0.25, 0.3) is 5.91 Å². The van der Waals surface area contributed by atoms with Crippen LogP contribution in [0.5, 0.6) is 5.75 Å². The zero-order valence-corrected chi connectivity index (χ0v) is 14.6. The average molecular weight is 357 g/mol. The summed E-state index contributed by atoms with van der Waals surface area (Å²) in [6.07, 6.45) is 0.844. The van der Waals surface area contributed by atoms with E-state index in [1.807, 2.05) is 6.92 Å². The molecule has 4 N–H and O–H groups in total. The molecule has 0 saturated heterocycles. The summed E-state index contributed by atoms with van der Waals surface area (Å²) in [6, 6.07) is 13.4. The minimum absolute atomic E-state index is 0.141. The Hall–Kier alpha value is -2.93. The van der Waals surface area contributed by atoms with Gasteiger partial charge in [0.15, 0.2) is 5.11 Å². The molecule has 2 aromatic carbocycles. The molecule has 0 radical (unpaired) electrons. The summed E-state index contributed by atoms with van der Waals surface area (Å²) in [6.45, 7) is 2.52. The van der Waals surface area contributed by atoms with Crippen LogP contribution >= 0.6 is 12.2 Å². The van der Waals surface area contributed by atoms with Gasteiger partial charge in [0, 0.05) is 11.3 Å². The molecule has 0 atom stereocenters. The maximum absolute atomic E-state index is 12.4. The number of nitrogens with two attached hydrogens (primary N) is 1. The molecule has 0 aliphatic rings. The van der Waals surface area contributed by atoms with Crippen LogP contribution in [0.25, 0.3) is 0 Å². The summed E-state index contributed by atoms with van der Waals surface area (Å²) in [5.41, 5.74) is 6.62. The Kier molecular flexibility index (Phi) is 6.47. The van der Waals surface area contributed by atoms with E-state index in [9.17, 15) is 9.59 Å². The first-order valence-electron chi connectivity index (χ1n) is 7.75. The number of thiocarbonyl (C=S) groups is 1. The number of rotatable bonds is 6. The topological polar surface area (TPSA) is 93.4 Å². The van der Waals surface area contributed by atoms with Crippen LogP contribution in [0.1, 0.15) is 34.1 Å². The van der Waals surface area contributed by atoms with Gasteiger partial charge in [-0.15, -0.1) is 0 Å². The normalized spacial score (nSPS) is 9.96. The molecular weight excluding hydrogens is 338 g/mol. The van der Waals surface area contributed by atoms with Crippen molar-refractivity contribution < 1.29 is 14.3 Å². The molecular formula is C18H19N3O3S. The smallest absolute Gasteiger partial charge is 0.261 e. The van der Waals surface area contributed by atoms with E-state index in [1.54, 1.807) is 48.5 Å². The molecule has 7 heteroatoms. The monoisotopic (exact) mass is 357 g/mol. The third-order valence-electron chi connectivity index (χ3n) is 3.25. The van der Waals surface area contributed by atoms with E-state index in [2.05, 4.69) is 10.6 Å². The lowest BCUT2D eigenvalue weighted by Crippen LogP contribution is -2.34. The van der Waals surface area contributed by atoms with Crippen LogP contribution in [0, 0.1) is 0 Å². The minimum atomic E-state index is -0.508. The standard InChI is InChI=1S/C18H19N3O3S/c1-2-11-24-15-6-4-3-5-14(15)17(23)21-18(25)20-13-9-7-12(8-10-13)16(19)22/h3-10H,2,11H2,1H3,(H2,19,22)(H2,20,21,23,25). The number of anilines is 1. The molecule has 6 nitrogen and oxygen atoms in total. The van der Waals surface area contributed by atoms with E-state index < -0.39 is 5.91 Å². The van der Waals surface area contributed by atoms with Gasteiger partial charge < -0.3 is 15.8 Å². The van der Waals surface area contributed by atoms with Crippen molar-refractivity contribution in [3.63, 3.8) is 0 Å². The number of benzene rings is 2. The van der Waals surface area contributed by atoms with Crippen LogP contribution in [-0.4, -0.2) is 23.5 Å². The van der Waals surface area contributed by atoms with Crippen molar-refractivity contribution >= 4 is 34.8 Å². The second-order valence-corrected chi connectivity index (χ2v) is 5.60. The Morgan fingerprint density at radius 3 is 2.44 bits per heavy atom. The lowest BCUT2D eigenvalue weighted by atomic mass is 10.2. The lowest BCUT2D eigenvalue weighted by Gasteiger charge is -2.12. The first-order chi connectivity index (χ1) is 12.0. The minimum Gasteiger partial charge on any atom is -0.493 e. The van der Waals surface area contributed by atoms with Gasteiger partial charge in [-0.05, 0) is 55.0 Å². The number of amides is 2. The number of carbonyl (C=O) groups is 2. The number of para-hydroxylation sites is 1. The van der Waals surface area contributed by atoms with Crippen molar-refractivity contribution in [3.8, 4) is 5.75 Å². The highest BCUT2D eigenvalue weighted by Crippen LogP contribution is 2.18. The molecule has 0 aliphatic heterocycles. The maximum atomic E-state index is 12.4. The molecule has 0 spiro atoms. The SMILES string of the molecule is CCCOc1ccccc1C(=O)NC(=S)Nc1ccc(C(N)=O)cc1. The highest BCUT2D eigenvalue weighted by atomic mass is 32.1. The van der Waals surface area contributed by atoms with Gasteiger partial charge in [-0.25, -0.2) is 0 Å². The number of carbonyl (C=O) groups excluding carboxylic acids is 2. The molecule has 0 aliphatic carbocycles. The van der Waals surface area contributed by atoms with Crippen molar-refractivity contribution in [3.05, 3.63) is 59.7 Å². The Morgan fingerprint density at radius 2 is 1.80 bits per heavy atom. The highest BCUT2D eigenvalue weighted by molar-refractivity contribution is 7.80. The van der Waals surface area contributed by atoms with Gasteiger partial charge in [-0.2, -0.15) is 0 Å². The molecule has 0 aromatic heterocycles. The lowest BCUT2D eigenvalue weighted by molar-refractivity contribution is 0.0971. The van der Waals surface area contributed by atoms with Crippen LogP contribution < -0.4 is 21.1 Å². The van der Waals surface area contributed by atoms with Crippen molar-refractivity contribution in [2.24, 2.45) is 5.73 Å². The first-order valence-corrected chi connectivity index (χ1v) is 8.16. The van der Waals surface area contributed by atoms with Crippen LogP contribution in [0.15, 0.2) is 48.5 Å². The number of hydrogen-bond donors (Lipinski definition) is 3. The fourth-order valence-corrected chi connectivity index (χ4v) is 2.25. The molecule has 0 saturated carbocycles. The van der Waals surface area contributed by atoms with Gasteiger partial charge in [0.1, 0.15) is 5.75 Å². The Labute approximate surface area is 151 Å². The van der Waals surface area contributed by atoms with Crippen molar-refractivity contribution in [2.75, 3.05) is 11.9 Å². The predicted molar refractivity (Wildman–Crippen MR) is 101 cm³/mol. The molecule has 2 rings (SSSR count). The third kappa shape index (κ3) is 5.29. The van der Waals surface area contributed by atoms with E-state index in [-0.39, 0.29) is 11.0 Å². The van der Waals surface area contributed by atoms with E-state index in [0.29, 0.717) is 29.2 Å². The van der Waals surface area contributed by atoms with Crippen LogP contribution in [-0.2, 0) is 0 Å². The van der Waals surface area contributed by atoms with E-state index in [0.717, 1.165) is 6.42 Å². The second kappa shape index (κ2) is 8.79. The highest BCUT2D eigenvalue weighted by Gasteiger charge is 2.13. The van der Waals surface area contributed by atoms with Crippen molar-refractivity contribution in [1.29, 1.82) is 0 Å². The zero-order valence-electron chi connectivity index (χ0n) is 13.7. The van der Waals surface area contributed by atoms with Crippen LogP contribution in [0.4, 0.5) is 5.69 Å². The predicted octanol–water partition coefficient (Wildman–Crippen LogP) is 2.70. The molecule has 0 fully saturated rings. The summed E-state index contributed by atoms with van der Waals surface area (Å²) in [5.74, 6) is -0.362. The van der Waals surface area contributed by atoms with Gasteiger partial charge in [0.2, 0.25) is 5.91 Å². The van der Waals surface area contributed by atoms with E-state index in [4.69, 9.17) is 22.7 Å². The molecule has 0 unspecified atom stereocenters. The summed E-state index contributed by atoms with van der Waals surface area (Å²) in [5, 5.41) is 5.63. The molecule has 0 bridgehead atoms. The maximum Gasteiger partial charge on any atom is 0.261 e. The molecule has 130 valence electrons. The zero-order chi connectivity index (χ0) is 18.2. The fraction of sp³-hybridized carbons (Fsp3) is 0.167. The summed E-state index contributed by atoms with van der Waals surface area (Å²) < 4.78 is 5.57. The molecule has 2 amide bonds. The fourth-order valence-electron chi connectivity index (χ4n) is 2.04. The van der Waals surface area contributed by atoms with Crippen molar-refractivity contribution in [2.45, 2.75) is 13.3 Å². The van der Waals surface area contributed by atoms with Crippen LogP contribution in [0.2, 0.25) is 0 Å². The first kappa shape index (κ1) is 18.4. The van der Waals surface area contributed by atoms with E-state index >= 15 is 0 Å². The van der Waals surface area contributed by atoms with E-state index in [1.165, 1.54) is 0 Å². The third-order valence-corrected chi connectivity index (χ3v) is 3.45. The average Bonchev–Trinajstić information content (AvgIpc) is 2.60. The Balaban J connectivity index is 2.00. The number of nitrogens with one attached hydrogen (secondary N) is 2. The number of hydrogen-bond acceptors (Lipinski definition) is 4. The second-order valence-electron chi connectivity index (χ2n) is 5.19. The van der Waals surface area contributed by atoms with Gasteiger partial charge in [-0.3, -0.25) is 14.9 Å². The summed E-state index contributed by atoms with van der Waals surface area (Å²) in [4.78, 5) is 23.4. The largest absolute Gasteiger partial charge is 0.493 e. The molecule has 2 aromatic rings. The molecule has 25 heavy (non-hydrogen) atoms. The number of ether oxygens (including phenoxy) is 1. The van der Waals surface area contributed by atoms with Gasteiger partial charge in [-0.1, -0.05) is 19.1 Å². The molecule has 0 heterocycles. The quantitative estimate of drug-likeness (QED) is 0.691. The van der Waals surface area contributed by atoms with Gasteiger partial charge in [0.05, 0.1) is 12.2 Å². The van der Waals surface area contributed by atoms with Gasteiger partial charge >= 0.3 is 0 Å². The summed E-state index contributed by atoms with van der Waals surface area (Å²) >= 11 is 5.15. The van der Waals surface area contributed by atoms with Crippen LogP contribution in [0.3, 0.4) is 0 Å².